The van der Waals surface area contributed by atoms with Crippen LogP contribution < -0.4 is 10.9 Å². The van der Waals surface area contributed by atoms with Crippen LogP contribution in [0.15, 0.2) is 24.3 Å². The Hall–Kier alpha value is -0.860. The minimum Gasteiger partial charge on any atom is -0.238 e. The molecule has 12 heavy (non-hydrogen) atoms. The molecule has 0 atom stereocenters. The lowest BCUT2D eigenvalue weighted by molar-refractivity contribution is 0.787. The predicted octanol–water partition coefficient (Wildman–Crippen LogP) is 1.36. The highest BCUT2D eigenvalue weighted by atomic mass is 15.6. The molecule has 0 unspecified atom stereocenters. The third-order valence-corrected chi connectivity index (χ3v) is 2.19. The Morgan fingerprint density at radius 1 is 1.17 bits per heavy atom. The molecule has 1 heterocycles. The second-order valence-electron chi connectivity index (χ2n) is 3.37. The summed E-state index contributed by atoms with van der Waals surface area (Å²) in [5.41, 5.74) is 8.89. The van der Waals surface area contributed by atoms with E-state index in [9.17, 15) is 0 Å². The van der Waals surface area contributed by atoms with Crippen molar-refractivity contribution in [2.75, 3.05) is 0 Å². The van der Waals surface area contributed by atoms with Gasteiger partial charge < -0.3 is 0 Å². The second kappa shape index (κ2) is 3.25. The summed E-state index contributed by atoms with van der Waals surface area (Å²) in [6.45, 7) is 2.12. The first-order valence-corrected chi connectivity index (χ1v) is 4.41. The molecule has 1 aliphatic rings. The van der Waals surface area contributed by atoms with Crippen LogP contribution in [0.25, 0.3) is 0 Å². The highest BCUT2D eigenvalue weighted by Crippen LogP contribution is 2.08. The standard InChI is InChI=1S/C10H14N2/c1-8-2-4-9(5-3-8)6-7-10-11-12-10/h2-5,10-12H,6-7H2,1H3. The van der Waals surface area contributed by atoms with Crippen LogP contribution in [-0.2, 0) is 6.42 Å². The van der Waals surface area contributed by atoms with Crippen molar-refractivity contribution in [3.63, 3.8) is 0 Å². The SMILES string of the molecule is Cc1ccc(CCC2NN2)cc1. The van der Waals surface area contributed by atoms with Crippen molar-refractivity contribution in [3.8, 4) is 0 Å². The van der Waals surface area contributed by atoms with Crippen LogP contribution in [0.3, 0.4) is 0 Å². The van der Waals surface area contributed by atoms with Crippen LogP contribution in [0.5, 0.6) is 0 Å². The monoisotopic (exact) mass is 162 g/mol. The highest BCUT2D eigenvalue weighted by molar-refractivity contribution is 5.21. The number of hydrogen-bond acceptors (Lipinski definition) is 2. The summed E-state index contributed by atoms with van der Waals surface area (Å²) in [7, 11) is 0. The number of nitrogens with one attached hydrogen (secondary N) is 2. The van der Waals surface area contributed by atoms with Gasteiger partial charge in [0.2, 0.25) is 0 Å². The Labute approximate surface area is 73.0 Å². The summed E-state index contributed by atoms with van der Waals surface area (Å²) >= 11 is 0. The summed E-state index contributed by atoms with van der Waals surface area (Å²) in [6, 6.07) is 8.75. The van der Waals surface area contributed by atoms with Gasteiger partial charge >= 0.3 is 0 Å². The molecule has 2 N–H and O–H groups in total. The van der Waals surface area contributed by atoms with Crippen molar-refractivity contribution in [2.24, 2.45) is 0 Å². The molecule has 1 aliphatic heterocycles. The Kier molecular flexibility index (Phi) is 2.11. The van der Waals surface area contributed by atoms with Crippen LogP contribution in [0.2, 0.25) is 0 Å². The van der Waals surface area contributed by atoms with Crippen molar-refractivity contribution < 1.29 is 0 Å². The van der Waals surface area contributed by atoms with Crippen LogP contribution in [0.4, 0.5) is 0 Å². The van der Waals surface area contributed by atoms with E-state index in [4.69, 9.17) is 0 Å². The fourth-order valence-electron chi connectivity index (χ4n) is 1.27. The maximum atomic E-state index is 3.07. The van der Waals surface area contributed by atoms with Crippen molar-refractivity contribution in [2.45, 2.75) is 25.9 Å². The number of hydrogen-bond donors (Lipinski definition) is 2. The first kappa shape index (κ1) is 7.77. The van der Waals surface area contributed by atoms with Gasteiger partial charge in [-0.2, -0.15) is 0 Å². The Balaban J connectivity index is 1.89. The lowest BCUT2D eigenvalue weighted by atomic mass is 10.1. The number of aryl methyl sites for hydroxylation is 2. The van der Waals surface area contributed by atoms with Gasteiger partial charge in [0.1, 0.15) is 0 Å². The lowest BCUT2D eigenvalue weighted by Gasteiger charge is -1.99. The first-order valence-electron chi connectivity index (χ1n) is 4.41. The zero-order chi connectivity index (χ0) is 8.39. The minimum atomic E-state index is 0.561. The summed E-state index contributed by atoms with van der Waals surface area (Å²) < 4.78 is 0. The summed E-state index contributed by atoms with van der Waals surface area (Å²) in [5.74, 6) is 0. The van der Waals surface area contributed by atoms with Gasteiger partial charge in [-0.05, 0) is 25.3 Å². The van der Waals surface area contributed by atoms with E-state index in [1.165, 1.54) is 17.5 Å². The van der Waals surface area contributed by atoms with E-state index in [0.717, 1.165) is 6.42 Å². The van der Waals surface area contributed by atoms with Crippen LogP contribution in [-0.4, -0.2) is 6.17 Å². The molecule has 0 saturated carbocycles. The van der Waals surface area contributed by atoms with E-state index >= 15 is 0 Å². The number of hydrazine groups is 1. The van der Waals surface area contributed by atoms with E-state index in [0.29, 0.717) is 6.17 Å². The van der Waals surface area contributed by atoms with Gasteiger partial charge in [0.25, 0.3) is 0 Å². The largest absolute Gasteiger partial charge is 0.238 e. The van der Waals surface area contributed by atoms with Crippen molar-refractivity contribution in [3.05, 3.63) is 35.4 Å². The van der Waals surface area contributed by atoms with Crippen LogP contribution >= 0.6 is 0 Å². The van der Waals surface area contributed by atoms with Crippen molar-refractivity contribution in [1.82, 2.24) is 10.9 Å². The molecule has 1 aromatic carbocycles. The fraction of sp³-hybridized carbons (Fsp3) is 0.400. The van der Waals surface area contributed by atoms with Crippen molar-refractivity contribution in [1.29, 1.82) is 0 Å². The molecule has 0 bridgehead atoms. The molecular formula is C10H14N2. The van der Waals surface area contributed by atoms with Gasteiger partial charge in [-0.15, -0.1) is 0 Å². The van der Waals surface area contributed by atoms with E-state index < -0.39 is 0 Å². The van der Waals surface area contributed by atoms with Gasteiger partial charge in [-0.25, -0.2) is 10.9 Å². The third kappa shape index (κ3) is 2.06. The molecule has 1 aromatic rings. The zero-order valence-corrected chi connectivity index (χ0v) is 7.30. The minimum absolute atomic E-state index is 0.561. The Bertz CT molecular complexity index is 249. The van der Waals surface area contributed by atoms with E-state index in [1.807, 2.05) is 0 Å². The van der Waals surface area contributed by atoms with Gasteiger partial charge in [0, 0.05) is 0 Å². The highest BCUT2D eigenvalue weighted by Gasteiger charge is 2.17. The zero-order valence-electron chi connectivity index (χ0n) is 7.30. The molecule has 2 rings (SSSR count). The Morgan fingerprint density at radius 3 is 2.42 bits per heavy atom. The maximum Gasteiger partial charge on any atom is 0.0836 e. The van der Waals surface area contributed by atoms with Gasteiger partial charge in [0.05, 0.1) is 6.17 Å². The van der Waals surface area contributed by atoms with E-state index in [1.54, 1.807) is 0 Å². The van der Waals surface area contributed by atoms with Crippen molar-refractivity contribution >= 4 is 0 Å². The first-order chi connectivity index (χ1) is 5.84. The second-order valence-corrected chi connectivity index (χ2v) is 3.37. The lowest BCUT2D eigenvalue weighted by Crippen LogP contribution is -1.95. The molecule has 64 valence electrons. The van der Waals surface area contributed by atoms with Gasteiger partial charge in [-0.1, -0.05) is 29.8 Å². The quantitative estimate of drug-likeness (QED) is 0.659. The molecule has 0 radical (unpaired) electrons. The number of benzene rings is 1. The smallest absolute Gasteiger partial charge is 0.0836 e. The normalized spacial score (nSPS) is 16.4. The molecule has 0 spiro atoms. The topological polar surface area (TPSA) is 43.9 Å². The maximum absolute atomic E-state index is 3.07. The molecule has 2 nitrogen and oxygen atoms in total. The molecule has 0 aliphatic carbocycles. The summed E-state index contributed by atoms with van der Waals surface area (Å²) in [5, 5.41) is 0. The average Bonchev–Trinajstić information content (AvgIpc) is 2.87. The Morgan fingerprint density at radius 2 is 1.83 bits per heavy atom. The van der Waals surface area contributed by atoms with Gasteiger partial charge in [-0.3, -0.25) is 0 Å². The molecule has 2 heteroatoms. The molecule has 1 fully saturated rings. The summed E-state index contributed by atoms with van der Waals surface area (Å²) in [6.07, 6.45) is 2.90. The van der Waals surface area contributed by atoms with Crippen LogP contribution in [0.1, 0.15) is 17.5 Å². The van der Waals surface area contributed by atoms with E-state index in [2.05, 4.69) is 42.0 Å². The predicted molar refractivity (Wildman–Crippen MR) is 49.6 cm³/mol. The third-order valence-electron chi connectivity index (χ3n) is 2.19. The molecule has 0 amide bonds. The summed E-state index contributed by atoms with van der Waals surface area (Å²) in [4.78, 5) is 0. The van der Waals surface area contributed by atoms with Gasteiger partial charge in [0.15, 0.2) is 0 Å². The number of rotatable bonds is 3. The molecule has 0 aromatic heterocycles. The molecular weight excluding hydrogens is 148 g/mol. The van der Waals surface area contributed by atoms with E-state index in [-0.39, 0.29) is 0 Å². The van der Waals surface area contributed by atoms with Crippen LogP contribution in [0, 0.1) is 6.92 Å². The molecule has 1 saturated heterocycles. The average molecular weight is 162 g/mol. The fourth-order valence-corrected chi connectivity index (χ4v) is 1.27.